The van der Waals surface area contributed by atoms with Crippen LogP contribution >= 0.6 is 0 Å². The van der Waals surface area contributed by atoms with E-state index in [-0.39, 0.29) is 5.91 Å². The molecular formula is C21H29N3O. The summed E-state index contributed by atoms with van der Waals surface area (Å²) in [6.07, 6.45) is 12.6. The van der Waals surface area contributed by atoms with Crippen molar-refractivity contribution in [1.29, 1.82) is 0 Å². The molecule has 1 aliphatic heterocycles. The van der Waals surface area contributed by atoms with Crippen molar-refractivity contribution < 1.29 is 4.79 Å². The van der Waals surface area contributed by atoms with Gasteiger partial charge >= 0.3 is 0 Å². The van der Waals surface area contributed by atoms with Gasteiger partial charge in [-0.2, -0.15) is 0 Å². The van der Waals surface area contributed by atoms with Gasteiger partial charge in [0.1, 0.15) is 5.82 Å². The lowest BCUT2D eigenvalue weighted by Crippen LogP contribution is -2.51. The van der Waals surface area contributed by atoms with Crippen molar-refractivity contribution in [3.05, 3.63) is 23.9 Å². The number of rotatable bonds is 4. The highest BCUT2D eigenvalue weighted by Gasteiger charge is 2.50. The fourth-order valence-corrected chi connectivity index (χ4v) is 6.62. The van der Waals surface area contributed by atoms with Crippen molar-refractivity contribution in [3.63, 3.8) is 0 Å². The molecule has 0 atom stereocenters. The second-order valence-electron chi connectivity index (χ2n) is 9.17. The first-order valence-electron chi connectivity index (χ1n) is 10.2. The van der Waals surface area contributed by atoms with Crippen molar-refractivity contribution in [2.45, 2.75) is 51.4 Å². The van der Waals surface area contributed by atoms with Gasteiger partial charge < -0.3 is 10.2 Å². The van der Waals surface area contributed by atoms with Gasteiger partial charge in [-0.05, 0) is 86.7 Å². The van der Waals surface area contributed by atoms with Crippen molar-refractivity contribution >= 4 is 11.7 Å². The average Bonchev–Trinajstić information content (AvgIpc) is 3.13. The van der Waals surface area contributed by atoms with E-state index in [9.17, 15) is 4.79 Å². The Balaban J connectivity index is 1.30. The number of carbonyl (C=O) groups is 1. The predicted molar refractivity (Wildman–Crippen MR) is 98.6 cm³/mol. The number of nitrogens with zero attached hydrogens (tertiary/aromatic N) is 2. The fraction of sp³-hybridized carbons (Fsp3) is 0.714. The van der Waals surface area contributed by atoms with Gasteiger partial charge in [-0.1, -0.05) is 0 Å². The zero-order valence-corrected chi connectivity index (χ0v) is 15.0. The lowest BCUT2D eigenvalue weighted by molar-refractivity contribution is -0.0503. The van der Waals surface area contributed by atoms with Crippen molar-refractivity contribution in [3.8, 4) is 0 Å². The second-order valence-corrected chi connectivity index (χ2v) is 9.17. The highest BCUT2D eigenvalue weighted by Crippen LogP contribution is 2.59. The first-order chi connectivity index (χ1) is 12.2. The summed E-state index contributed by atoms with van der Waals surface area (Å²) < 4.78 is 0. The van der Waals surface area contributed by atoms with Crippen LogP contribution in [0.25, 0.3) is 0 Å². The molecule has 4 saturated carbocycles. The Morgan fingerprint density at radius 2 is 1.76 bits per heavy atom. The Hall–Kier alpha value is -1.58. The highest BCUT2D eigenvalue weighted by atomic mass is 16.1. The van der Waals surface area contributed by atoms with Crippen LogP contribution in [0.4, 0.5) is 5.82 Å². The summed E-state index contributed by atoms with van der Waals surface area (Å²) in [4.78, 5) is 19.7. The average molecular weight is 339 g/mol. The molecule has 4 heteroatoms. The van der Waals surface area contributed by atoms with Gasteiger partial charge in [0.25, 0.3) is 5.91 Å². The number of hydrogen-bond acceptors (Lipinski definition) is 3. The predicted octanol–water partition coefficient (Wildman–Crippen LogP) is 3.63. The minimum absolute atomic E-state index is 0.0748. The molecule has 25 heavy (non-hydrogen) atoms. The third-order valence-corrected chi connectivity index (χ3v) is 7.23. The lowest BCUT2D eigenvalue weighted by atomic mass is 9.49. The summed E-state index contributed by atoms with van der Waals surface area (Å²) >= 11 is 0. The van der Waals surface area contributed by atoms with E-state index < -0.39 is 0 Å². The summed E-state index contributed by atoms with van der Waals surface area (Å²) in [6.45, 7) is 2.90. The van der Waals surface area contributed by atoms with E-state index in [4.69, 9.17) is 0 Å². The first kappa shape index (κ1) is 15.7. The van der Waals surface area contributed by atoms with Gasteiger partial charge in [0, 0.05) is 25.8 Å². The van der Waals surface area contributed by atoms with Crippen LogP contribution in [0, 0.1) is 23.2 Å². The van der Waals surface area contributed by atoms with Gasteiger partial charge in [-0.25, -0.2) is 4.98 Å². The molecule has 2 heterocycles. The molecule has 1 amide bonds. The molecule has 1 N–H and O–H groups in total. The van der Waals surface area contributed by atoms with Gasteiger partial charge in [0.2, 0.25) is 0 Å². The summed E-state index contributed by atoms with van der Waals surface area (Å²) in [5.41, 5.74) is 1.15. The summed E-state index contributed by atoms with van der Waals surface area (Å²) in [6, 6.07) is 3.83. The normalized spacial score (nSPS) is 36.0. The van der Waals surface area contributed by atoms with E-state index in [2.05, 4.69) is 15.2 Å². The zero-order valence-electron chi connectivity index (χ0n) is 15.0. The van der Waals surface area contributed by atoms with Gasteiger partial charge in [0.15, 0.2) is 0 Å². The van der Waals surface area contributed by atoms with Gasteiger partial charge in [-0.15, -0.1) is 0 Å². The molecule has 0 unspecified atom stereocenters. The minimum Gasteiger partial charge on any atom is -0.356 e. The van der Waals surface area contributed by atoms with Gasteiger partial charge in [0.05, 0.1) is 5.56 Å². The molecule has 4 bridgehead atoms. The molecule has 0 radical (unpaired) electrons. The lowest BCUT2D eigenvalue weighted by Gasteiger charge is -2.56. The van der Waals surface area contributed by atoms with E-state index in [1.54, 1.807) is 0 Å². The molecule has 5 aliphatic rings. The third-order valence-electron chi connectivity index (χ3n) is 7.23. The van der Waals surface area contributed by atoms with Crippen molar-refractivity contribution in [1.82, 2.24) is 10.3 Å². The van der Waals surface area contributed by atoms with E-state index in [0.717, 1.165) is 48.8 Å². The third kappa shape index (κ3) is 2.84. The molecule has 5 fully saturated rings. The summed E-state index contributed by atoms with van der Waals surface area (Å²) in [7, 11) is 0. The van der Waals surface area contributed by atoms with Gasteiger partial charge in [-0.3, -0.25) is 4.79 Å². The second kappa shape index (κ2) is 6.00. The van der Waals surface area contributed by atoms with E-state index in [1.165, 1.54) is 51.4 Å². The fourth-order valence-electron chi connectivity index (χ4n) is 6.62. The van der Waals surface area contributed by atoms with Crippen LogP contribution in [0.15, 0.2) is 18.3 Å². The van der Waals surface area contributed by atoms with E-state index in [1.807, 2.05) is 18.3 Å². The van der Waals surface area contributed by atoms with Crippen LogP contribution in [0.5, 0.6) is 0 Å². The molecule has 1 saturated heterocycles. The molecule has 4 nitrogen and oxygen atoms in total. The smallest absolute Gasteiger partial charge is 0.255 e. The number of carbonyl (C=O) groups excluding carboxylic acids is 1. The molecule has 6 rings (SSSR count). The topological polar surface area (TPSA) is 45.2 Å². The maximum Gasteiger partial charge on any atom is 0.255 e. The maximum atomic E-state index is 12.9. The minimum atomic E-state index is 0.0748. The number of aromatic nitrogens is 1. The van der Waals surface area contributed by atoms with Crippen LogP contribution in [0.3, 0.4) is 0 Å². The van der Waals surface area contributed by atoms with Crippen LogP contribution in [-0.4, -0.2) is 30.5 Å². The Morgan fingerprint density at radius 3 is 2.40 bits per heavy atom. The van der Waals surface area contributed by atoms with Crippen LogP contribution < -0.4 is 10.2 Å². The van der Waals surface area contributed by atoms with E-state index >= 15 is 0 Å². The van der Waals surface area contributed by atoms with Crippen molar-refractivity contribution in [2.75, 3.05) is 24.5 Å². The largest absolute Gasteiger partial charge is 0.356 e. The van der Waals surface area contributed by atoms with Crippen LogP contribution in [0.1, 0.15) is 61.7 Å². The number of amides is 1. The standard InChI is InChI=1S/C21H29N3O/c25-20(18-4-3-5-22-19(18)24-6-1-2-7-24)23-14-21-11-15-8-16(12-21)10-17(9-15)13-21/h3-5,15-17H,1-2,6-14H2,(H,23,25). The Kier molecular flexibility index (Phi) is 3.76. The molecular weight excluding hydrogens is 310 g/mol. The number of pyridine rings is 1. The molecule has 134 valence electrons. The summed E-state index contributed by atoms with van der Waals surface area (Å²) in [5, 5.41) is 3.31. The highest BCUT2D eigenvalue weighted by molar-refractivity contribution is 5.98. The monoisotopic (exact) mass is 339 g/mol. The molecule has 1 aromatic heterocycles. The quantitative estimate of drug-likeness (QED) is 0.911. The maximum absolute atomic E-state index is 12.9. The molecule has 4 aliphatic carbocycles. The first-order valence-corrected chi connectivity index (χ1v) is 10.2. The Morgan fingerprint density at radius 1 is 1.12 bits per heavy atom. The molecule has 1 aromatic rings. The molecule has 0 spiro atoms. The van der Waals surface area contributed by atoms with Crippen molar-refractivity contribution in [2.24, 2.45) is 23.2 Å². The van der Waals surface area contributed by atoms with Crippen LogP contribution in [0.2, 0.25) is 0 Å². The zero-order chi connectivity index (χ0) is 16.9. The SMILES string of the molecule is O=C(NCC12CC3CC(CC(C3)C1)C2)c1cccnc1N1CCCC1. The number of anilines is 1. The van der Waals surface area contributed by atoms with E-state index in [0.29, 0.717) is 5.41 Å². The number of hydrogen-bond donors (Lipinski definition) is 1. The Labute approximate surface area is 150 Å². The summed E-state index contributed by atoms with van der Waals surface area (Å²) in [5.74, 6) is 3.75. The Bertz CT molecular complexity index is 630. The molecule has 0 aromatic carbocycles. The number of nitrogens with one attached hydrogen (secondary N) is 1. The van der Waals surface area contributed by atoms with Crippen LogP contribution in [-0.2, 0) is 0 Å².